The van der Waals surface area contributed by atoms with Gasteiger partial charge in [-0.25, -0.2) is 4.39 Å². The number of aromatic nitrogens is 2. The molecule has 3 aliphatic heterocycles. The highest BCUT2D eigenvalue weighted by molar-refractivity contribution is 5.93. The molecule has 0 amide bonds. The maximum atomic E-state index is 14.4. The van der Waals surface area contributed by atoms with Crippen molar-refractivity contribution in [2.45, 2.75) is 69.1 Å². The molecule has 7 nitrogen and oxygen atoms in total. The molecule has 3 fully saturated rings. The lowest BCUT2D eigenvalue weighted by Crippen LogP contribution is -2.51. The van der Waals surface area contributed by atoms with Crippen molar-refractivity contribution in [2.24, 2.45) is 0 Å². The van der Waals surface area contributed by atoms with E-state index in [1.165, 1.54) is 29.5 Å². The first kappa shape index (κ1) is 25.7. The Morgan fingerprint density at radius 1 is 1.12 bits per heavy atom. The maximum absolute atomic E-state index is 14.4. The van der Waals surface area contributed by atoms with E-state index >= 15 is 0 Å². The van der Waals surface area contributed by atoms with Gasteiger partial charge in [-0.2, -0.15) is 15.2 Å². The first-order valence-electron chi connectivity index (χ1n) is 14.9. The number of aryl methyl sites for hydroxylation is 1. The summed E-state index contributed by atoms with van der Waals surface area (Å²) < 4.78 is 20.8. The Kier molecular flexibility index (Phi) is 6.81. The van der Waals surface area contributed by atoms with E-state index in [1.807, 2.05) is 0 Å². The van der Waals surface area contributed by atoms with Crippen molar-refractivity contribution in [1.29, 1.82) is 5.26 Å². The number of ether oxygens (including phenoxy) is 1. The lowest BCUT2D eigenvalue weighted by atomic mass is 9.86. The summed E-state index contributed by atoms with van der Waals surface area (Å²) >= 11 is 0. The molecular weight excluding hydrogens is 503 g/mol. The number of benzene rings is 2. The molecule has 1 N–H and O–H groups in total. The smallest absolute Gasteiger partial charge is 0.319 e. The van der Waals surface area contributed by atoms with E-state index in [-0.39, 0.29) is 11.6 Å². The summed E-state index contributed by atoms with van der Waals surface area (Å²) in [5.74, 6) is 0.818. The molecule has 3 atom stereocenters. The lowest BCUT2D eigenvalue weighted by molar-refractivity contribution is 0.107. The predicted octanol–water partition coefficient (Wildman–Crippen LogP) is 4.82. The van der Waals surface area contributed by atoms with Gasteiger partial charge in [0.1, 0.15) is 18.6 Å². The molecule has 40 heavy (non-hydrogen) atoms. The molecule has 2 aromatic carbocycles. The van der Waals surface area contributed by atoms with Crippen LogP contribution >= 0.6 is 0 Å². The number of fused-ring (bicyclic) bond motifs is 3. The van der Waals surface area contributed by atoms with Gasteiger partial charge >= 0.3 is 6.01 Å². The molecule has 1 aromatic heterocycles. The van der Waals surface area contributed by atoms with Crippen LogP contribution in [0.5, 0.6) is 6.01 Å². The monoisotopic (exact) mass is 540 g/mol. The highest BCUT2D eigenvalue weighted by Crippen LogP contribution is 2.41. The summed E-state index contributed by atoms with van der Waals surface area (Å²) in [5, 5.41) is 13.9. The molecule has 1 unspecified atom stereocenters. The second-order valence-corrected chi connectivity index (χ2v) is 12.0. The van der Waals surface area contributed by atoms with E-state index < -0.39 is 6.17 Å². The Bertz CT molecular complexity index is 1460. The van der Waals surface area contributed by atoms with Gasteiger partial charge in [-0.05, 0) is 79.5 Å². The van der Waals surface area contributed by atoms with E-state index in [0.29, 0.717) is 32.0 Å². The Balaban J connectivity index is 1.29. The van der Waals surface area contributed by atoms with Crippen LogP contribution in [0.2, 0.25) is 0 Å². The van der Waals surface area contributed by atoms with Crippen molar-refractivity contribution in [3.8, 4) is 23.2 Å². The first-order chi connectivity index (χ1) is 19.6. The van der Waals surface area contributed by atoms with Crippen molar-refractivity contribution in [3.05, 3.63) is 47.5 Å². The quantitative estimate of drug-likeness (QED) is 0.480. The SMILES string of the molecule is N#CCC1CNCCN1c1nc(OC[C@@]23CCCN2C[C@H](F)C3)nc2cc(-c3cccc4c3CCCC4)ccc12. The molecule has 4 aliphatic rings. The van der Waals surface area contributed by atoms with Gasteiger partial charge in [-0.1, -0.05) is 24.3 Å². The van der Waals surface area contributed by atoms with Crippen molar-refractivity contribution >= 4 is 16.7 Å². The molecule has 1 aliphatic carbocycles. The molecule has 3 saturated heterocycles. The Labute approximate surface area is 235 Å². The van der Waals surface area contributed by atoms with E-state index in [4.69, 9.17) is 14.7 Å². The topological polar surface area (TPSA) is 77.3 Å². The minimum Gasteiger partial charge on any atom is -0.461 e. The van der Waals surface area contributed by atoms with Gasteiger partial charge < -0.3 is 15.0 Å². The fraction of sp³-hybridized carbons (Fsp3) is 0.531. The molecule has 4 heterocycles. The maximum Gasteiger partial charge on any atom is 0.319 e. The summed E-state index contributed by atoms with van der Waals surface area (Å²) in [6.07, 6.45) is 6.87. The lowest BCUT2D eigenvalue weighted by Gasteiger charge is -2.36. The van der Waals surface area contributed by atoms with Gasteiger partial charge in [0, 0.05) is 38.0 Å². The molecule has 0 spiro atoms. The zero-order chi connectivity index (χ0) is 27.1. The molecular formula is C32H37FN6O. The van der Waals surface area contributed by atoms with Crippen LogP contribution in [0.4, 0.5) is 10.2 Å². The van der Waals surface area contributed by atoms with Crippen LogP contribution in [0.1, 0.15) is 49.7 Å². The summed E-state index contributed by atoms with van der Waals surface area (Å²) in [5.41, 5.74) is 5.94. The number of alkyl halides is 1. The van der Waals surface area contributed by atoms with Crippen LogP contribution in [0, 0.1) is 11.3 Å². The second-order valence-electron chi connectivity index (χ2n) is 12.0. The van der Waals surface area contributed by atoms with E-state index in [9.17, 15) is 9.65 Å². The van der Waals surface area contributed by atoms with E-state index in [1.54, 1.807) is 0 Å². The van der Waals surface area contributed by atoms with Crippen LogP contribution in [-0.4, -0.2) is 72.0 Å². The minimum absolute atomic E-state index is 0.0246. The third-order valence-electron chi connectivity index (χ3n) is 9.54. The van der Waals surface area contributed by atoms with Gasteiger partial charge in [-0.3, -0.25) is 4.90 Å². The number of halogens is 1. The van der Waals surface area contributed by atoms with Crippen molar-refractivity contribution in [2.75, 3.05) is 44.2 Å². The zero-order valence-electron chi connectivity index (χ0n) is 23.0. The fourth-order valence-electron chi connectivity index (χ4n) is 7.57. The summed E-state index contributed by atoms with van der Waals surface area (Å²) in [4.78, 5) is 14.4. The highest BCUT2D eigenvalue weighted by Gasteiger charge is 2.49. The number of hydrogen-bond acceptors (Lipinski definition) is 7. The molecule has 208 valence electrons. The van der Waals surface area contributed by atoms with Crippen LogP contribution in [0.25, 0.3) is 22.0 Å². The van der Waals surface area contributed by atoms with Crippen LogP contribution in [-0.2, 0) is 12.8 Å². The Morgan fingerprint density at radius 2 is 2.05 bits per heavy atom. The summed E-state index contributed by atoms with van der Waals surface area (Å²) in [6.45, 7) is 4.14. The van der Waals surface area contributed by atoms with Gasteiger partial charge in [-0.15, -0.1) is 0 Å². The molecule has 0 saturated carbocycles. The average molecular weight is 541 g/mol. The van der Waals surface area contributed by atoms with E-state index in [0.717, 1.165) is 74.1 Å². The number of nitrogens with one attached hydrogen (secondary N) is 1. The number of hydrogen-bond donors (Lipinski definition) is 1. The standard InChI is InChI=1S/C32H37FN6O/c33-24-18-32(12-4-15-38(32)20-24)21-40-31-36-29-17-23(27-8-3-6-22-5-1-2-7-26(22)27)9-10-28(29)30(37-31)39-16-14-35-19-25(39)11-13-34/h3,6,8-10,17,24-25,35H,1-2,4-5,7,11-12,14-16,18-21H2/t24-,25?,32+/m1/s1. The molecule has 3 aromatic rings. The number of nitriles is 1. The number of nitrogens with zero attached hydrogens (tertiary/aromatic N) is 5. The summed E-state index contributed by atoms with van der Waals surface area (Å²) in [7, 11) is 0. The fourth-order valence-corrected chi connectivity index (χ4v) is 7.57. The first-order valence-corrected chi connectivity index (χ1v) is 14.9. The zero-order valence-corrected chi connectivity index (χ0v) is 23.0. The molecule has 7 rings (SSSR count). The molecule has 8 heteroatoms. The minimum atomic E-state index is -0.802. The van der Waals surface area contributed by atoms with Crippen molar-refractivity contribution < 1.29 is 9.13 Å². The van der Waals surface area contributed by atoms with Crippen LogP contribution < -0.4 is 15.0 Å². The normalized spacial score (nSPS) is 26.4. The third-order valence-corrected chi connectivity index (χ3v) is 9.54. The Hall–Kier alpha value is -3.28. The van der Waals surface area contributed by atoms with Gasteiger partial charge in [0.25, 0.3) is 0 Å². The average Bonchev–Trinajstić information content (AvgIpc) is 3.51. The van der Waals surface area contributed by atoms with Crippen LogP contribution in [0.3, 0.4) is 0 Å². The molecule has 0 bridgehead atoms. The number of piperazine rings is 1. The van der Waals surface area contributed by atoms with Crippen molar-refractivity contribution in [3.63, 3.8) is 0 Å². The third kappa shape index (κ3) is 4.59. The van der Waals surface area contributed by atoms with Crippen molar-refractivity contribution in [1.82, 2.24) is 20.2 Å². The Morgan fingerprint density at radius 3 is 2.98 bits per heavy atom. The number of anilines is 1. The highest BCUT2D eigenvalue weighted by atomic mass is 19.1. The second kappa shape index (κ2) is 10.6. The van der Waals surface area contributed by atoms with Crippen LogP contribution in [0.15, 0.2) is 36.4 Å². The van der Waals surface area contributed by atoms with E-state index in [2.05, 4.69) is 57.6 Å². The number of rotatable bonds is 6. The van der Waals surface area contributed by atoms with Gasteiger partial charge in [0.15, 0.2) is 0 Å². The largest absolute Gasteiger partial charge is 0.461 e. The molecule has 0 radical (unpaired) electrons. The summed E-state index contributed by atoms with van der Waals surface area (Å²) in [6, 6.07) is 15.9. The van der Waals surface area contributed by atoms with Gasteiger partial charge in [0.05, 0.1) is 29.6 Å². The predicted molar refractivity (Wildman–Crippen MR) is 154 cm³/mol. The van der Waals surface area contributed by atoms with Gasteiger partial charge in [0.2, 0.25) is 0 Å².